The van der Waals surface area contributed by atoms with Gasteiger partial charge in [0.25, 0.3) is 5.91 Å². The summed E-state index contributed by atoms with van der Waals surface area (Å²) >= 11 is 0. The van der Waals surface area contributed by atoms with Crippen LogP contribution in [0.3, 0.4) is 0 Å². The molecule has 0 unspecified atom stereocenters. The molecule has 3 amide bonds. The number of benzene rings is 2. The molecule has 1 spiro atoms. The third-order valence-corrected chi connectivity index (χ3v) is 7.36. The maximum atomic E-state index is 13.7. The smallest absolute Gasteiger partial charge is 0.327 e. The molecule has 0 aliphatic carbocycles. The van der Waals surface area contributed by atoms with Crippen molar-refractivity contribution in [3.8, 4) is 5.75 Å². The highest BCUT2D eigenvalue weighted by Crippen LogP contribution is 2.39. The Morgan fingerprint density at radius 3 is 2.39 bits per heavy atom. The van der Waals surface area contributed by atoms with Gasteiger partial charge in [-0.05, 0) is 61.1 Å². The van der Waals surface area contributed by atoms with Gasteiger partial charge in [-0.15, -0.1) is 0 Å². The minimum atomic E-state index is -0.862. The number of rotatable bonds is 10. The summed E-state index contributed by atoms with van der Waals surface area (Å²) in [5.74, 6) is -0.150. The summed E-state index contributed by atoms with van der Waals surface area (Å²) in [6.45, 7) is 4.23. The summed E-state index contributed by atoms with van der Waals surface area (Å²) in [6.07, 6.45) is 3.44. The Balaban J connectivity index is 1.52. The van der Waals surface area contributed by atoms with Crippen LogP contribution in [0, 0.1) is 0 Å². The highest BCUT2D eigenvalue weighted by atomic mass is 16.5. The number of carboxylic acid groups (broad SMARTS) is 1. The SMILES string of the molecule is CCCCN1C(=O)N(CCc2ccc(OC)cc2)C2(CCN(c3cccc(CC(=O)O)c3)CC2)C1=O. The molecule has 8 nitrogen and oxygen atoms in total. The molecule has 8 heteroatoms. The summed E-state index contributed by atoms with van der Waals surface area (Å²) in [7, 11) is 1.63. The largest absolute Gasteiger partial charge is 0.497 e. The molecule has 2 aromatic rings. The number of anilines is 1. The molecule has 2 heterocycles. The van der Waals surface area contributed by atoms with E-state index in [9.17, 15) is 14.4 Å². The fraction of sp³-hybridized carbons (Fsp3) is 0.464. The van der Waals surface area contributed by atoms with Gasteiger partial charge in [0.15, 0.2) is 0 Å². The van der Waals surface area contributed by atoms with Crippen LogP contribution in [0.2, 0.25) is 0 Å². The van der Waals surface area contributed by atoms with Crippen molar-refractivity contribution in [3.63, 3.8) is 0 Å². The van der Waals surface area contributed by atoms with Crippen molar-refractivity contribution in [2.24, 2.45) is 0 Å². The average Bonchev–Trinajstić information content (AvgIpc) is 3.07. The van der Waals surface area contributed by atoms with Gasteiger partial charge in [-0.3, -0.25) is 14.5 Å². The van der Waals surface area contributed by atoms with Crippen LogP contribution in [0.1, 0.15) is 43.7 Å². The number of urea groups is 1. The predicted molar refractivity (Wildman–Crippen MR) is 137 cm³/mol. The molecule has 192 valence electrons. The fourth-order valence-electron chi connectivity index (χ4n) is 5.29. The minimum Gasteiger partial charge on any atom is -0.497 e. The Hall–Kier alpha value is -3.55. The van der Waals surface area contributed by atoms with E-state index in [4.69, 9.17) is 9.84 Å². The number of methoxy groups -OCH3 is 1. The number of piperidine rings is 1. The summed E-state index contributed by atoms with van der Waals surface area (Å²) in [6, 6.07) is 15.2. The van der Waals surface area contributed by atoms with Gasteiger partial charge >= 0.3 is 12.0 Å². The van der Waals surface area contributed by atoms with Gasteiger partial charge in [-0.2, -0.15) is 0 Å². The third-order valence-electron chi connectivity index (χ3n) is 7.36. The second-order valence-electron chi connectivity index (χ2n) is 9.60. The van der Waals surface area contributed by atoms with Crippen molar-refractivity contribution in [2.45, 2.75) is 51.0 Å². The number of unbranched alkanes of at least 4 members (excludes halogenated alkanes) is 1. The van der Waals surface area contributed by atoms with E-state index in [0.717, 1.165) is 35.4 Å². The summed E-state index contributed by atoms with van der Waals surface area (Å²) in [5, 5.41) is 9.14. The van der Waals surface area contributed by atoms with Crippen LogP contribution < -0.4 is 9.64 Å². The second-order valence-corrected chi connectivity index (χ2v) is 9.60. The van der Waals surface area contributed by atoms with E-state index in [0.29, 0.717) is 45.4 Å². The molecule has 2 saturated heterocycles. The van der Waals surface area contributed by atoms with E-state index in [-0.39, 0.29) is 18.4 Å². The number of hydrogen-bond donors (Lipinski definition) is 1. The van der Waals surface area contributed by atoms with Crippen LogP contribution in [0.5, 0.6) is 5.75 Å². The zero-order valence-electron chi connectivity index (χ0n) is 21.1. The second kappa shape index (κ2) is 11.0. The number of imide groups is 1. The van der Waals surface area contributed by atoms with Crippen LogP contribution in [0.25, 0.3) is 0 Å². The molecule has 2 aromatic carbocycles. The van der Waals surface area contributed by atoms with Gasteiger partial charge in [-0.1, -0.05) is 37.6 Å². The standard InChI is InChI=1S/C28H35N3O5/c1-3-4-15-30-26(34)28(31(27(30)35)16-12-21-8-10-24(36-2)11-9-21)13-17-29(18-14-28)23-7-5-6-22(19-23)20-25(32)33/h5-11,19H,3-4,12-18,20H2,1-2H3,(H,32,33). The maximum absolute atomic E-state index is 13.7. The van der Waals surface area contributed by atoms with Crippen LogP contribution in [0.15, 0.2) is 48.5 Å². The number of carbonyl (C=O) groups excluding carboxylic acids is 2. The molecule has 2 aliphatic rings. The molecule has 36 heavy (non-hydrogen) atoms. The Morgan fingerprint density at radius 1 is 1.03 bits per heavy atom. The van der Waals surface area contributed by atoms with Crippen molar-refractivity contribution in [1.82, 2.24) is 9.80 Å². The molecule has 1 N–H and O–H groups in total. The Kier molecular flexibility index (Phi) is 7.82. The first-order chi connectivity index (χ1) is 17.4. The van der Waals surface area contributed by atoms with E-state index in [1.54, 1.807) is 7.11 Å². The maximum Gasteiger partial charge on any atom is 0.327 e. The van der Waals surface area contributed by atoms with Crippen molar-refractivity contribution in [3.05, 3.63) is 59.7 Å². The molecule has 0 aromatic heterocycles. The molecule has 2 aliphatic heterocycles. The van der Waals surface area contributed by atoms with Crippen molar-refractivity contribution >= 4 is 23.6 Å². The number of ether oxygens (including phenoxy) is 1. The fourth-order valence-corrected chi connectivity index (χ4v) is 5.29. The monoisotopic (exact) mass is 493 g/mol. The van der Waals surface area contributed by atoms with E-state index < -0.39 is 11.5 Å². The van der Waals surface area contributed by atoms with Gasteiger partial charge in [0.05, 0.1) is 13.5 Å². The average molecular weight is 494 g/mol. The first-order valence-electron chi connectivity index (χ1n) is 12.7. The lowest BCUT2D eigenvalue weighted by atomic mass is 9.85. The zero-order chi connectivity index (χ0) is 25.7. The summed E-state index contributed by atoms with van der Waals surface area (Å²) < 4.78 is 5.24. The Morgan fingerprint density at radius 2 is 1.75 bits per heavy atom. The van der Waals surface area contributed by atoms with E-state index in [2.05, 4.69) is 11.8 Å². The van der Waals surface area contributed by atoms with E-state index >= 15 is 0 Å². The van der Waals surface area contributed by atoms with E-state index in [1.165, 1.54) is 4.90 Å². The lowest BCUT2D eigenvalue weighted by Gasteiger charge is -2.43. The highest BCUT2D eigenvalue weighted by molar-refractivity contribution is 6.07. The number of aliphatic carboxylic acids is 1. The number of carbonyl (C=O) groups is 3. The molecule has 2 fully saturated rings. The lowest BCUT2D eigenvalue weighted by molar-refractivity contribution is -0.136. The Labute approximate surface area is 212 Å². The van der Waals surface area contributed by atoms with Crippen molar-refractivity contribution in [1.29, 1.82) is 0 Å². The van der Waals surface area contributed by atoms with Gasteiger partial charge < -0.3 is 19.6 Å². The van der Waals surface area contributed by atoms with Crippen molar-refractivity contribution in [2.75, 3.05) is 38.2 Å². The first kappa shape index (κ1) is 25.5. The predicted octanol–water partition coefficient (Wildman–Crippen LogP) is 3.97. The van der Waals surface area contributed by atoms with Gasteiger partial charge in [-0.25, -0.2) is 4.79 Å². The molecular formula is C28H35N3O5. The topological polar surface area (TPSA) is 90.4 Å². The molecule has 4 rings (SSSR count). The van der Waals surface area contributed by atoms with Gasteiger partial charge in [0.2, 0.25) is 0 Å². The Bertz CT molecular complexity index is 1090. The highest BCUT2D eigenvalue weighted by Gasteiger charge is 2.57. The van der Waals surface area contributed by atoms with Crippen molar-refractivity contribution < 1.29 is 24.2 Å². The minimum absolute atomic E-state index is 0.0237. The summed E-state index contributed by atoms with van der Waals surface area (Å²) in [5.41, 5.74) is 1.96. The molecule has 0 radical (unpaired) electrons. The molecule has 0 saturated carbocycles. The lowest BCUT2D eigenvalue weighted by Crippen LogP contribution is -2.57. The van der Waals surface area contributed by atoms with Crippen LogP contribution in [-0.2, 0) is 22.4 Å². The first-order valence-corrected chi connectivity index (χ1v) is 12.7. The molecule has 0 bridgehead atoms. The summed E-state index contributed by atoms with van der Waals surface area (Å²) in [4.78, 5) is 43.7. The van der Waals surface area contributed by atoms with Crippen LogP contribution >= 0.6 is 0 Å². The number of carboxylic acids is 1. The zero-order valence-corrected chi connectivity index (χ0v) is 21.1. The number of hydrogen-bond acceptors (Lipinski definition) is 5. The third kappa shape index (κ3) is 5.17. The van der Waals surface area contributed by atoms with Crippen LogP contribution in [0.4, 0.5) is 10.5 Å². The van der Waals surface area contributed by atoms with Crippen LogP contribution in [-0.4, -0.2) is 71.6 Å². The normalized spacial score (nSPS) is 17.2. The van der Waals surface area contributed by atoms with Gasteiger partial charge in [0.1, 0.15) is 11.3 Å². The molecular weight excluding hydrogens is 458 g/mol. The quantitative estimate of drug-likeness (QED) is 0.504. The number of nitrogens with zero attached hydrogens (tertiary/aromatic N) is 3. The number of amides is 3. The van der Waals surface area contributed by atoms with E-state index in [1.807, 2.05) is 53.4 Å². The molecule has 0 atom stereocenters. The van der Waals surface area contributed by atoms with Gasteiger partial charge in [0, 0.05) is 31.9 Å².